The highest BCUT2D eigenvalue weighted by Crippen LogP contribution is 2.50. The normalized spacial score (nSPS) is 23.6. The van der Waals surface area contributed by atoms with Crippen LogP contribution in [0.25, 0.3) is 16.8 Å². The molecule has 192 valence electrons. The maximum absolute atomic E-state index is 15.1. The van der Waals surface area contributed by atoms with Crippen molar-refractivity contribution < 1.29 is 27.4 Å². The average Bonchev–Trinajstić information content (AvgIpc) is 3.31. The Kier molecular flexibility index (Phi) is 5.33. The van der Waals surface area contributed by atoms with Crippen molar-refractivity contribution in [3.63, 3.8) is 0 Å². The smallest absolute Gasteiger partial charge is 0.304 e. The standard InChI is InChI=1S/C27H24F4N4O2/c28-18-2-1-3-19(29)20(18)27(30,31)17-6-4-16(5-7-17)21-22-23(32)33-12-13-35(22)24(34-21)25-8-10-26(14-36,11-9-25)37-15-25/h1-7,12-13,36H,8-11,14-15H2,(H2,32,33). The molecule has 6 nitrogen and oxygen atoms in total. The Hall–Kier alpha value is -3.50. The van der Waals surface area contributed by atoms with Crippen LogP contribution < -0.4 is 5.73 Å². The van der Waals surface area contributed by atoms with Crippen LogP contribution in [-0.2, 0) is 16.1 Å². The summed E-state index contributed by atoms with van der Waals surface area (Å²) in [5.74, 6) is -5.54. The number of aromatic nitrogens is 3. The summed E-state index contributed by atoms with van der Waals surface area (Å²) in [5, 5.41) is 9.80. The molecule has 0 unspecified atom stereocenters. The van der Waals surface area contributed by atoms with E-state index in [2.05, 4.69) is 4.98 Å². The first-order valence-electron chi connectivity index (χ1n) is 12.0. The van der Waals surface area contributed by atoms with Gasteiger partial charge in [-0.25, -0.2) is 18.7 Å². The number of aliphatic hydroxyl groups is 1. The number of nitrogens with zero attached hydrogens (tertiary/aromatic N) is 3. The molecule has 4 aromatic rings. The minimum absolute atomic E-state index is 0.0265. The third kappa shape index (κ3) is 3.53. The fourth-order valence-corrected chi connectivity index (χ4v) is 5.67. The van der Waals surface area contributed by atoms with E-state index in [1.807, 2.05) is 4.40 Å². The lowest BCUT2D eigenvalue weighted by Gasteiger charge is -2.51. The topological polar surface area (TPSA) is 85.7 Å². The molecule has 7 rings (SSSR count). The van der Waals surface area contributed by atoms with Crippen LogP contribution in [0.1, 0.15) is 42.6 Å². The summed E-state index contributed by atoms with van der Waals surface area (Å²) in [4.78, 5) is 9.13. The molecule has 10 heteroatoms. The van der Waals surface area contributed by atoms with E-state index < -0.39 is 34.3 Å². The Morgan fingerprint density at radius 3 is 2.30 bits per heavy atom. The highest BCUT2D eigenvalue weighted by molar-refractivity contribution is 5.85. The van der Waals surface area contributed by atoms with Crippen molar-refractivity contribution in [2.75, 3.05) is 18.9 Å². The van der Waals surface area contributed by atoms with Crippen molar-refractivity contribution in [1.82, 2.24) is 14.4 Å². The predicted octanol–water partition coefficient (Wildman–Crippen LogP) is 4.97. The molecular weight excluding hydrogens is 488 g/mol. The number of anilines is 1. The number of nitrogens with two attached hydrogens (primary N) is 1. The zero-order valence-corrected chi connectivity index (χ0v) is 19.7. The number of fused-ring (bicyclic) bond motifs is 4. The summed E-state index contributed by atoms with van der Waals surface area (Å²) < 4.78 is 66.4. The second kappa shape index (κ2) is 8.26. The molecule has 3 N–H and O–H groups in total. The van der Waals surface area contributed by atoms with Gasteiger partial charge in [-0.1, -0.05) is 30.3 Å². The largest absolute Gasteiger partial charge is 0.393 e. The number of alkyl halides is 2. The molecule has 1 aliphatic carbocycles. The van der Waals surface area contributed by atoms with E-state index in [9.17, 15) is 13.9 Å². The second-order valence-corrected chi connectivity index (χ2v) is 9.97. The van der Waals surface area contributed by atoms with E-state index in [0.29, 0.717) is 36.2 Å². The van der Waals surface area contributed by atoms with Crippen LogP contribution in [0.5, 0.6) is 0 Å². The molecule has 2 bridgehead atoms. The molecule has 2 aromatic heterocycles. The van der Waals surface area contributed by atoms with Crippen LogP contribution in [0.2, 0.25) is 0 Å². The van der Waals surface area contributed by atoms with E-state index in [1.54, 1.807) is 12.4 Å². The number of hydrogen-bond donors (Lipinski definition) is 2. The average molecular weight is 513 g/mol. The highest BCUT2D eigenvalue weighted by atomic mass is 19.3. The van der Waals surface area contributed by atoms with E-state index in [-0.39, 0.29) is 17.8 Å². The Morgan fingerprint density at radius 1 is 1.03 bits per heavy atom. The van der Waals surface area contributed by atoms with Gasteiger partial charge in [-0.3, -0.25) is 4.40 Å². The summed E-state index contributed by atoms with van der Waals surface area (Å²) in [5.41, 5.74) is 5.01. The molecule has 37 heavy (non-hydrogen) atoms. The number of benzene rings is 2. The molecular formula is C27H24F4N4O2. The van der Waals surface area contributed by atoms with E-state index in [1.165, 1.54) is 12.1 Å². The zero-order valence-electron chi connectivity index (χ0n) is 19.7. The lowest BCUT2D eigenvalue weighted by molar-refractivity contribution is -0.177. The Bertz CT molecular complexity index is 1460. The fraction of sp³-hybridized carbons (Fsp3) is 0.333. The second-order valence-electron chi connectivity index (χ2n) is 9.97. The van der Waals surface area contributed by atoms with Crippen LogP contribution >= 0.6 is 0 Å². The first-order valence-corrected chi connectivity index (χ1v) is 12.0. The summed E-state index contributed by atoms with van der Waals surface area (Å²) in [7, 11) is 0. The van der Waals surface area contributed by atoms with Gasteiger partial charge in [0, 0.05) is 23.5 Å². The molecule has 3 fully saturated rings. The summed E-state index contributed by atoms with van der Waals surface area (Å²) in [6, 6.07) is 7.80. The third-order valence-electron chi connectivity index (χ3n) is 7.92. The molecule has 0 spiro atoms. The van der Waals surface area contributed by atoms with Crippen molar-refractivity contribution in [2.45, 2.75) is 42.6 Å². The zero-order chi connectivity index (χ0) is 26.0. The molecule has 1 saturated carbocycles. The minimum atomic E-state index is -3.88. The quantitative estimate of drug-likeness (QED) is 0.369. The number of ether oxygens (including phenoxy) is 1. The Morgan fingerprint density at radius 2 is 1.70 bits per heavy atom. The monoisotopic (exact) mass is 512 g/mol. The molecule has 2 saturated heterocycles. The van der Waals surface area contributed by atoms with Gasteiger partial charge in [0.15, 0.2) is 0 Å². The molecule has 2 aromatic carbocycles. The van der Waals surface area contributed by atoms with Crippen LogP contribution in [0, 0.1) is 11.6 Å². The Labute approximate surface area is 209 Å². The summed E-state index contributed by atoms with van der Waals surface area (Å²) >= 11 is 0. The molecule has 2 aliphatic heterocycles. The van der Waals surface area contributed by atoms with Gasteiger partial charge in [-0.15, -0.1) is 0 Å². The number of halogens is 4. The third-order valence-corrected chi connectivity index (χ3v) is 7.92. The molecule has 0 amide bonds. The van der Waals surface area contributed by atoms with Crippen LogP contribution in [0.15, 0.2) is 54.9 Å². The highest BCUT2D eigenvalue weighted by Gasteiger charge is 2.52. The first-order chi connectivity index (χ1) is 17.7. The molecule has 4 heterocycles. The van der Waals surface area contributed by atoms with E-state index in [4.69, 9.17) is 15.5 Å². The Balaban J connectivity index is 1.43. The van der Waals surface area contributed by atoms with Crippen LogP contribution in [-0.4, -0.2) is 38.3 Å². The molecule has 0 radical (unpaired) electrons. The van der Waals surface area contributed by atoms with Gasteiger partial charge < -0.3 is 15.6 Å². The lowest BCUT2D eigenvalue weighted by Crippen LogP contribution is -2.55. The lowest BCUT2D eigenvalue weighted by atomic mass is 9.66. The number of imidazole rings is 1. The van der Waals surface area contributed by atoms with Crippen LogP contribution in [0.4, 0.5) is 23.4 Å². The van der Waals surface area contributed by atoms with Crippen molar-refractivity contribution in [1.29, 1.82) is 0 Å². The number of hydrogen-bond acceptors (Lipinski definition) is 5. The SMILES string of the molecule is Nc1nccn2c(C34CCC(CO)(CC3)OC4)nc(-c3ccc(C(F)(F)c4c(F)cccc4F)cc3)c12. The number of rotatable bonds is 5. The van der Waals surface area contributed by atoms with Crippen molar-refractivity contribution >= 4 is 11.3 Å². The van der Waals surface area contributed by atoms with Crippen molar-refractivity contribution in [3.05, 3.63) is 83.4 Å². The predicted molar refractivity (Wildman–Crippen MR) is 128 cm³/mol. The fourth-order valence-electron chi connectivity index (χ4n) is 5.67. The summed E-state index contributed by atoms with van der Waals surface area (Å²) in [6.45, 7) is 0.370. The van der Waals surface area contributed by atoms with E-state index >= 15 is 8.78 Å². The van der Waals surface area contributed by atoms with Crippen molar-refractivity contribution in [2.24, 2.45) is 0 Å². The van der Waals surface area contributed by atoms with Gasteiger partial charge in [0.05, 0.1) is 29.8 Å². The van der Waals surface area contributed by atoms with Gasteiger partial charge in [-0.2, -0.15) is 8.78 Å². The number of aliphatic hydroxyl groups excluding tert-OH is 1. The number of nitrogen functional groups attached to an aromatic ring is 1. The maximum Gasteiger partial charge on any atom is 0.304 e. The van der Waals surface area contributed by atoms with Crippen LogP contribution in [0.3, 0.4) is 0 Å². The molecule has 3 aliphatic rings. The van der Waals surface area contributed by atoms with Gasteiger partial charge in [-0.05, 0) is 37.8 Å². The molecule has 0 atom stereocenters. The first kappa shape index (κ1) is 23.9. The van der Waals surface area contributed by atoms with Gasteiger partial charge >= 0.3 is 5.92 Å². The van der Waals surface area contributed by atoms with Gasteiger partial charge in [0.25, 0.3) is 0 Å². The maximum atomic E-state index is 15.1. The summed E-state index contributed by atoms with van der Waals surface area (Å²) in [6.07, 6.45) is 6.28. The minimum Gasteiger partial charge on any atom is -0.393 e. The van der Waals surface area contributed by atoms with Gasteiger partial charge in [0.2, 0.25) is 0 Å². The van der Waals surface area contributed by atoms with Gasteiger partial charge in [0.1, 0.15) is 34.5 Å². The van der Waals surface area contributed by atoms with E-state index in [0.717, 1.165) is 49.0 Å². The van der Waals surface area contributed by atoms with Crippen molar-refractivity contribution in [3.8, 4) is 11.3 Å².